The van der Waals surface area contributed by atoms with Crippen molar-refractivity contribution < 1.29 is 0 Å². The Balaban J connectivity index is 1.61. The van der Waals surface area contributed by atoms with Crippen molar-refractivity contribution in [1.82, 2.24) is 0 Å². The Morgan fingerprint density at radius 2 is 0.875 bits per heavy atom. The summed E-state index contributed by atoms with van der Waals surface area (Å²) in [6.45, 7) is 6.89. The molecule has 0 unspecified atom stereocenters. The summed E-state index contributed by atoms with van der Waals surface area (Å²) in [6, 6.07) is 42.8. The molecule has 0 heterocycles. The summed E-state index contributed by atoms with van der Waals surface area (Å²) in [7, 11) is 0. The first-order valence-electron chi connectivity index (χ1n) is 13.6. The van der Waals surface area contributed by atoms with Crippen molar-refractivity contribution in [3.05, 3.63) is 130 Å². The van der Waals surface area contributed by atoms with E-state index in [2.05, 4.69) is 168 Å². The van der Waals surface area contributed by atoms with Gasteiger partial charge in [0, 0.05) is 8.95 Å². The molecule has 0 N–H and O–H groups in total. The molecule has 0 atom stereocenters. The predicted octanol–water partition coefficient (Wildman–Crippen LogP) is 12.5. The van der Waals surface area contributed by atoms with Crippen molar-refractivity contribution in [3.63, 3.8) is 0 Å². The van der Waals surface area contributed by atoms with Gasteiger partial charge < -0.3 is 0 Å². The molecule has 0 bridgehead atoms. The number of fused-ring (bicyclic) bond motifs is 4. The van der Waals surface area contributed by atoms with Crippen LogP contribution in [0.3, 0.4) is 0 Å². The number of halogens is 2. The molecule has 0 spiro atoms. The first kappa shape index (κ1) is 25.5. The maximum absolute atomic E-state index is 3.63. The van der Waals surface area contributed by atoms with Gasteiger partial charge in [-0.1, -0.05) is 125 Å². The van der Waals surface area contributed by atoms with E-state index in [1.54, 1.807) is 0 Å². The fourth-order valence-corrected chi connectivity index (χ4v) is 6.77. The zero-order valence-corrected chi connectivity index (χ0v) is 25.9. The summed E-state index contributed by atoms with van der Waals surface area (Å²) >= 11 is 7.26. The van der Waals surface area contributed by atoms with Crippen molar-refractivity contribution in [1.29, 1.82) is 0 Å². The summed E-state index contributed by atoms with van der Waals surface area (Å²) in [5, 5.41) is 10.1. The molecular weight excluding hydrogens is 616 g/mol. The van der Waals surface area contributed by atoms with Gasteiger partial charge in [-0.05, 0) is 119 Å². The highest BCUT2D eigenvalue weighted by Crippen LogP contribution is 2.45. The number of benzene rings is 7. The van der Waals surface area contributed by atoms with E-state index in [-0.39, 0.29) is 5.41 Å². The van der Waals surface area contributed by atoms with E-state index in [0.717, 1.165) is 8.95 Å². The summed E-state index contributed by atoms with van der Waals surface area (Å²) in [6.07, 6.45) is 0. The smallest absolute Gasteiger partial charge is 0.0181 e. The van der Waals surface area contributed by atoms with Gasteiger partial charge in [0.05, 0.1) is 0 Å². The van der Waals surface area contributed by atoms with Crippen LogP contribution in [0.15, 0.2) is 124 Å². The lowest BCUT2D eigenvalue weighted by Gasteiger charge is -2.23. The van der Waals surface area contributed by atoms with Crippen molar-refractivity contribution in [2.75, 3.05) is 0 Å². The maximum atomic E-state index is 3.63. The predicted molar refractivity (Wildman–Crippen MR) is 181 cm³/mol. The molecule has 0 nitrogen and oxygen atoms in total. The van der Waals surface area contributed by atoms with Gasteiger partial charge >= 0.3 is 0 Å². The minimum absolute atomic E-state index is 0.0449. The Hall–Kier alpha value is -3.46. The fraction of sp³-hybridized carbons (Fsp3) is 0.105. The third-order valence-electron chi connectivity index (χ3n) is 8.07. The highest BCUT2D eigenvalue weighted by Gasteiger charge is 2.20. The lowest BCUT2D eigenvalue weighted by atomic mass is 9.81. The van der Waals surface area contributed by atoms with Crippen molar-refractivity contribution in [2.24, 2.45) is 0 Å². The topological polar surface area (TPSA) is 0 Å². The largest absolute Gasteiger partial charge is 0.0616 e. The molecule has 7 aromatic rings. The van der Waals surface area contributed by atoms with E-state index < -0.39 is 0 Å². The molecular formula is C38H28Br2. The average Bonchev–Trinajstić information content (AvgIpc) is 2.94. The zero-order chi connectivity index (χ0) is 27.6. The zero-order valence-electron chi connectivity index (χ0n) is 22.7. The second-order valence-corrected chi connectivity index (χ2v) is 13.5. The molecule has 0 saturated carbocycles. The van der Waals surface area contributed by atoms with Gasteiger partial charge in [0.15, 0.2) is 0 Å². The second-order valence-electron chi connectivity index (χ2n) is 11.7. The monoisotopic (exact) mass is 642 g/mol. The Morgan fingerprint density at radius 3 is 1.40 bits per heavy atom. The van der Waals surface area contributed by atoms with Gasteiger partial charge in [-0.3, -0.25) is 0 Å². The number of hydrogen-bond donors (Lipinski definition) is 0. The van der Waals surface area contributed by atoms with Gasteiger partial charge in [-0.2, -0.15) is 0 Å². The van der Waals surface area contributed by atoms with Crippen molar-refractivity contribution in [3.8, 4) is 22.3 Å². The summed E-state index contributed by atoms with van der Waals surface area (Å²) in [5.74, 6) is 0. The lowest BCUT2D eigenvalue weighted by molar-refractivity contribution is 0.591. The van der Waals surface area contributed by atoms with Crippen LogP contribution < -0.4 is 0 Å². The molecule has 7 rings (SSSR count). The second kappa shape index (κ2) is 9.58. The van der Waals surface area contributed by atoms with Gasteiger partial charge in [0.25, 0.3) is 0 Å². The van der Waals surface area contributed by atoms with E-state index >= 15 is 0 Å². The van der Waals surface area contributed by atoms with E-state index in [1.165, 1.54) is 70.9 Å². The van der Waals surface area contributed by atoms with E-state index in [9.17, 15) is 0 Å². The molecule has 194 valence electrons. The van der Waals surface area contributed by atoms with Crippen LogP contribution in [0.4, 0.5) is 0 Å². The van der Waals surface area contributed by atoms with Gasteiger partial charge in [-0.25, -0.2) is 0 Å². The maximum Gasteiger partial charge on any atom is 0.0181 e. The Kier molecular flexibility index (Phi) is 6.11. The average molecular weight is 644 g/mol. The van der Waals surface area contributed by atoms with Gasteiger partial charge in [0.1, 0.15) is 0 Å². The number of hydrogen-bond acceptors (Lipinski definition) is 0. The lowest BCUT2D eigenvalue weighted by Crippen LogP contribution is -2.10. The molecule has 0 saturated heterocycles. The van der Waals surface area contributed by atoms with Crippen molar-refractivity contribution in [2.45, 2.75) is 26.2 Å². The standard InChI is InChI=1S/C38H28Br2/c1-38(2,3)29-14-17-34-35(22-29)37(28-11-9-26-21-31(40)16-13-24(26)19-28)33-7-5-4-6-32(33)36(34)27-10-8-25-20-30(39)15-12-23(25)18-27/h4-22H,1-3H3. The summed E-state index contributed by atoms with van der Waals surface area (Å²) in [4.78, 5) is 0. The molecule has 0 fully saturated rings. The molecule has 0 aliphatic heterocycles. The van der Waals surface area contributed by atoms with Gasteiger partial charge in [-0.15, -0.1) is 0 Å². The molecule has 7 aromatic carbocycles. The quantitative estimate of drug-likeness (QED) is 0.164. The van der Waals surface area contributed by atoms with Crippen molar-refractivity contribution >= 4 is 74.9 Å². The first-order valence-corrected chi connectivity index (χ1v) is 15.2. The summed E-state index contributed by atoms with van der Waals surface area (Å²) in [5.41, 5.74) is 6.48. The number of rotatable bonds is 2. The minimum Gasteiger partial charge on any atom is -0.0616 e. The van der Waals surface area contributed by atoms with Crippen LogP contribution in [0.1, 0.15) is 26.3 Å². The van der Waals surface area contributed by atoms with Crippen LogP contribution in [-0.4, -0.2) is 0 Å². The molecule has 40 heavy (non-hydrogen) atoms. The van der Waals surface area contributed by atoms with E-state index in [1.807, 2.05) is 0 Å². The third-order valence-corrected chi connectivity index (χ3v) is 9.06. The Bertz CT molecular complexity index is 2110. The van der Waals surface area contributed by atoms with Crippen LogP contribution in [0.25, 0.3) is 65.3 Å². The minimum atomic E-state index is 0.0449. The van der Waals surface area contributed by atoms with Gasteiger partial charge in [0.2, 0.25) is 0 Å². The first-order chi connectivity index (χ1) is 19.3. The van der Waals surface area contributed by atoms with E-state index in [0.29, 0.717) is 0 Å². The Labute approximate surface area is 251 Å². The van der Waals surface area contributed by atoms with Crippen LogP contribution in [0.5, 0.6) is 0 Å². The molecule has 0 aromatic heterocycles. The van der Waals surface area contributed by atoms with Crippen LogP contribution >= 0.6 is 31.9 Å². The van der Waals surface area contributed by atoms with Crippen LogP contribution in [-0.2, 0) is 5.41 Å². The third kappa shape index (κ3) is 4.35. The molecule has 0 radical (unpaired) electrons. The molecule has 0 aliphatic rings. The van der Waals surface area contributed by atoms with Crippen LogP contribution in [0.2, 0.25) is 0 Å². The fourth-order valence-electron chi connectivity index (χ4n) is 6.01. The molecule has 0 aliphatic carbocycles. The summed E-state index contributed by atoms with van der Waals surface area (Å²) < 4.78 is 2.20. The van der Waals surface area contributed by atoms with Crippen LogP contribution in [0, 0.1) is 0 Å². The Morgan fingerprint density at radius 1 is 0.425 bits per heavy atom. The normalized spacial score (nSPS) is 12.1. The van der Waals surface area contributed by atoms with E-state index in [4.69, 9.17) is 0 Å². The SMILES string of the molecule is CC(C)(C)c1ccc2c(-c3ccc4cc(Br)ccc4c3)c3ccccc3c(-c3ccc4cc(Br)ccc4c3)c2c1. The highest BCUT2D eigenvalue weighted by molar-refractivity contribution is 9.10. The molecule has 2 heteroatoms. The molecule has 0 amide bonds. The highest BCUT2D eigenvalue weighted by atomic mass is 79.9.